The zero-order valence-corrected chi connectivity index (χ0v) is 8.33. The van der Waals surface area contributed by atoms with Crippen molar-refractivity contribution in [1.29, 1.82) is 0 Å². The second-order valence-corrected chi connectivity index (χ2v) is 3.18. The van der Waals surface area contributed by atoms with Gasteiger partial charge in [-0.05, 0) is 6.42 Å². The van der Waals surface area contributed by atoms with E-state index in [0.29, 0.717) is 6.42 Å². The minimum atomic E-state index is -2.93. The lowest BCUT2D eigenvalue weighted by Crippen LogP contribution is -1.99. The Bertz CT molecular complexity index is 362. The zero-order chi connectivity index (χ0) is 11.6. The molecule has 1 atom stereocenters. The molecule has 0 aliphatic carbocycles. The van der Waals surface area contributed by atoms with E-state index in [2.05, 4.69) is 4.98 Å². The summed E-state index contributed by atoms with van der Waals surface area (Å²) in [6.45, 7) is 3.56. The lowest BCUT2D eigenvalue weighted by atomic mass is 10.1. The van der Waals surface area contributed by atoms with Crippen molar-refractivity contribution in [1.82, 2.24) is 4.98 Å². The third kappa shape index (κ3) is 2.31. The number of carboxylic acids is 1. The van der Waals surface area contributed by atoms with Crippen molar-refractivity contribution >= 4 is 5.97 Å². The molecule has 1 aromatic heterocycles. The van der Waals surface area contributed by atoms with Crippen LogP contribution in [0.25, 0.3) is 0 Å². The number of aromatic nitrogens is 1. The molecule has 0 aliphatic rings. The number of hydrogen-bond donors (Lipinski definition) is 1. The first-order chi connectivity index (χ1) is 6.97. The van der Waals surface area contributed by atoms with E-state index in [1.54, 1.807) is 6.92 Å². The van der Waals surface area contributed by atoms with Gasteiger partial charge in [-0.1, -0.05) is 13.8 Å². The summed E-state index contributed by atoms with van der Waals surface area (Å²) in [7, 11) is 0. The van der Waals surface area contributed by atoms with Crippen LogP contribution in [0.15, 0.2) is 4.42 Å². The molecule has 0 bridgehead atoms. The first-order valence-corrected chi connectivity index (χ1v) is 4.49. The fourth-order valence-corrected chi connectivity index (χ4v) is 1.04. The summed E-state index contributed by atoms with van der Waals surface area (Å²) in [5.74, 6) is -2.41. The van der Waals surface area contributed by atoms with Crippen molar-refractivity contribution in [3.63, 3.8) is 0 Å². The molecule has 1 aromatic rings. The Morgan fingerprint density at radius 1 is 1.60 bits per heavy atom. The van der Waals surface area contributed by atoms with Gasteiger partial charge in [0, 0.05) is 5.92 Å². The molecule has 0 aliphatic heterocycles. The van der Waals surface area contributed by atoms with Gasteiger partial charge in [0.1, 0.15) is 0 Å². The number of carboxylic acid groups (broad SMARTS) is 1. The normalized spacial score (nSPS) is 13.1. The fraction of sp³-hybridized carbons (Fsp3) is 0.556. The minimum absolute atomic E-state index is 0.0465. The molecule has 4 nitrogen and oxygen atoms in total. The number of rotatable bonds is 4. The summed E-state index contributed by atoms with van der Waals surface area (Å²) in [6.07, 6.45) is -2.29. The van der Waals surface area contributed by atoms with Gasteiger partial charge in [-0.2, -0.15) is 0 Å². The number of nitrogens with zero attached hydrogens (tertiary/aromatic N) is 1. The average Bonchev–Trinajstić information content (AvgIpc) is 2.61. The summed E-state index contributed by atoms with van der Waals surface area (Å²) in [6, 6.07) is 0. The number of alkyl halides is 2. The summed E-state index contributed by atoms with van der Waals surface area (Å²) in [5, 5.41) is 8.62. The van der Waals surface area contributed by atoms with Crippen LogP contribution in [0.3, 0.4) is 0 Å². The quantitative estimate of drug-likeness (QED) is 0.845. The molecule has 6 heteroatoms. The van der Waals surface area contributed by atoms with Crippen LogP contribution in [0.1, 0.15) is 54.8 Å². The predicted octanol–water partition coefficient (Wildman–Crippen LogP) is 2.82. The molecule has 1 unspecified atom stereocenters. The van der Waals surface area contributed by atoms with Gasteiger partial charge >= 0.3 is 5.97 Å². The van der Waals surface area contributed by atoms with Crippen LogP contribution in [0, 0.1) is 0 Å². The minimum Gasteiger partial charge on any atom is -0.475 e. The monoisotopic (exact) mass is 219 g/mol. The van der Waals surface area contributed by atoms with E-state index in [9.17, 15) is 13.6 Å². The summed E-state index contributed by atoms with van der Waals surface area (Å²) in [4.78, 5) is 14.1. The van der Waals surface area contributed by atoms with E-state index in [0.717, 1.165) is 0 Å². The topological polar surface area (TPSA) is 63.3 Å². The van der Waals surface area contributed by atoms with Gasteiger partial charge in [0.25, 0.3) is 6.43 Å². The van der Waals surface area contributed by atoms with Crippen LogP contribution in [-0.2, 0) is 0 Å². The Kier molecular flexibility index (Phi) is 3.39. The van der Waals surface area contributed by atoms with Crippen molar-refractivity contribution in [3.05, 3.63) is 17.3 Å². The molecule has 15 heavy (non-hydrogen) atoms. The highest BCUT2D eigenvalue weighted by Gasteiger charge is 2.27. The van der Waals surface area contributed by atoms with E-state index in [1.165, 1.54) is 0 Å². The van der Waals surface area contributed by atoms with Crippen molar-refractivity contribution in [3.8, 4) is 0 Å². The molecule has 0 spiro atoms. The molecule has 84 valence electrons. The smallest absolute Gasteiger partial charge is 0.374 e. The molecular weight excluding hydrogens is 208 g/mol. The van der Waals surface area contributed by atoms with Crippen LogP contribution in [0.5, 0.6) is 0 Å². The van der Waals surface area contributed by atoms with Crippen LogP contribution in [0.4, 0.5) is 8.78 Å². The maximum atomic E-state index is 12.4. The molecule has 0 fully saturated rings. The first-order valence-electron chi connectivity index (χ1n) is 4.49. The second kappa shape index (κ2) is 4.37. The van der Waals surface area contributed by atoms with Crippen LogP contribution < -0.4 is 0 Å². The molecule has 0 aromatic carbocycles. The summed E-state index contributed by atoms with van der Waals surface area (Å²) in [5.41, 5.74) is -0.794. The van der Waals surface area contributed by atoms with Crippen molar-refractivity contribution < 1.29 is 23.1 Å². The SMILES string of the molecule is CCC(C)c1nc(C(F)F)c(C(=O)O)o1. The lowest BCUT2D eigenvalue weighted by Gasteiger charge is -2.00. The van der Waals surface area contributed by atoms with Gasteiger partial charge in [0.2, 0.25) is 5.76 Å². The van der Waals surface area contributed by atoms with Crippen LogP contribution in [0.2, 0.25) is 0 Å². The van der Waals surface area contributed by atoms with E-state index in [-0.39, 0.29) is 11.8 Å². The van der Waals surface area contributed by atoms with Crippen molar-refractivity contribution in [2.75, 3.05) is 0 Å². The van der Waals surface area contributed by atoms with Crippen molar-refractivity contribution in [2.45, 2.75) is 32.6 Å². The van der Waals surface area contributed by atoms with Gasteiger partial charge in [0.15, 0.2) is 11.6 Å². The van der Waals surface area contributed by atoms with Gasteiger partial charge < -0.3 is 9.52 Å². The molecule has 1 rings (SSSR count). The lowest BCUT2D eigenvalue weighted by molar-refractivity contribution is 0.0643. The maximum absolute atomic E-state index is 12.4. The Morgan fingerprint density at radius 3 is 2.53 bits per heavy atom. The highest BCUT2D eigenvalue weighted by molar-refractivity contribution is 5.85. The van der Waals surface area contributed by atoms with Crippen LogP contribution in [-0.4, -0.2) is 16.1 Å². The van der Waals surface area contributed by atoms with E-state index in [1.807, 2.05) is 6.92 Å². The van der Waals surface area contributed by atoms with E-state index < -0.39 is 23.8 Å². The predicted molar refractivity (Wildman–Crippen MR) is 47.1 cm³/mol. The Balaban J connectivity index is 3.15. The second-order valence-electron chi connectivity index (χ2n) is 3.18. The molecular formula is C9H11F2NO3. The van der Waals surface area contributed by atoms with Gasteiger partial charge in [-0.25, -0.2) is 18.6 Å². The van der Waals surface area contributed by atoms with E-state index >= 15 is 0 Å². The number of oxazole rings is 1. The number of hydrogen-bond acceptors (Lipinski definition) is 3. The first kappa shape index (κ1) is 11.6. The van der Waals surface area contributed by atoms with Crippen LogP contribution >= 0.6 is 0 Å². The average molecular weight is 219 g/mol. The molecule has 1 N–H and O–H groups in total. The molecule has 0 saturated carbocycles. The number of halogens is 2. The molecule has 1 heterocycles. The summed E-state index contributed by atoms with van der Waals surface area (Å²) >= 11 is 0. The third-order valence-corrected chi connectivity index (χ3v) is 2.10. The molecule has 0 radical (unpaired) electrons. The number of aromatic carboxylic acids is 1. The van der Waals surface area contributed by atoms with Gasteiger partial charge in [-0.15, -0.1) is 0 Å². The number of carbonyl (C=O) groups is 1. The highest BCUT2D eigenvalue weighted by atomic mass is 19.3. The molecule has 0 amide bonds. The van der Waals surface area contributed by atoms with E-state index in [4.69, 9.17) is 9.52 Å². The standard InChI is InChI=1S/C9H11F2NO3/c1-3-4(2)8-12-5(7(10)11)6(15-8)9(13)14/h4,7H,3H2,1-2H3,(H,13,14). The highest BCUT2D eigenvalue weighted by Crippen LogP contribution is 2.27. The van der Waals surface area contributed by atoms with Gasteiger partial charge in [-0.3, -0.25) is 0 Å². The largest absolute Gasteiger partial charge is 0.475 e. The maximum Gasteiger partial charge on any atom is 0.374 e. The fourth-order valence-electron chi connectivity index (χ4n) is 1.04. The van der Waals surface area contributed by atoms with Gasteiger partial charge in [0.05, 0.1) is 0 Å². The zero-order valence-electron chi connectivity index (χ0n) is 8.33. The van der Waals surface area contributed by atoms with Crippen molar-refractivity contribution in [2.24, 2.45) is 0 Å². The Morgan fingerprint density at radius 2 is 2.20 bits per heavy atom. The third-order valence-electron chi connectivity index (χ3n) is 2.10. The Hall–Kier alpha value is -1.46. The Labute approximate surface area is 84.9 Å². The summed E-state index contributed by atoms with van der Waals surface area (Å²) < 4.78 is 29.6. The molecule has 0 saturated heterocycles.